The summed E-state index contributed by atoms with van der Waals surface area (Å²) in [7, 11) is 0. The molecule has 1 unspecified atom stereocenters. The molecule has 1 saturated carbocycles. The molecule has 0 bridgehead atoms. The number of halogens is 3. The van der Waals surface area contributed by atoms with Gasteiger partial charge in [0.15, 0.2) is 0 Å². The molecule has 1 aromatic carbocycles. The highest BCUT2D eigenvalue weighted by atomic mass is 35.5. The van der Waals surface area contributed by atoms with Crippen LogP contribution in [-0.4, -0.2) is 40.9 Å². The van der Waals surface area contributed by atoms with Gasteiger partial charge in [0, 0.05) is 42.1 Å². The average molecular weight is 391 g/mol. The highest BCUT2D eigenvalue weighted by Crippen LogP contribution is 2.27. The predicted molar refractivity (Wildman–Crippen MR) is 100 cm³/mol. The molecule has 3 nitrogen and oxygen atoms in total. The fourth-order valence-electron chi connectivity index (χ4n) is 3.57. The van der Waals surface area contributed by atoms with Crippen LogP contribution in [0.25, 0.3) is 0 Å². The molecule has 0 spiro atoms. The van der Waals surface area contributed by atoms with Crippen molar-refractivity contribution in [2.24, 2.45) is 0 Å². The van der Waals surface area contributed by atoms with Gasteiger partial charge >= 0.3 is 0 Å². The minimum absolute atomic E-state index is 0. The summed E-state index contributed by atoms with van der Waals surface area (Å²) in [5.41, 5.74) is 0.00345. The molecule has 1 aliphatic carbocycles. The van der Waals surface area contributed by atoms with Crippen molar-refractivity contribution in [2.45, 2.75) is 50.7 Å². The first-order valence-corrected chi connectivity index (χ1v) is 9.84. The van der Waals surface area contributed by atoms with E-state index in [1.165, 1.54) is 18.2 Å². The first-order valence-electron chi connectivity index (χ1n) is 8.68. The van der Waals surface area contributed by atoms with Crippen LogP contribution in [0, 0.1) is 11.6 Å². The Bertz CT molecular complexity index is 558. The largest absolute Gasteiger partial charge is 0.335 e. The van der Waals surface area contributed by atoms with Crippen LogP contribution in [0.5, 0.6) is 0 Å². The van der Waals surface area contributed by atoms with Crippen LogP contribution in [-0.2, 0) is 11.3 Å². The molecule has 1 N–H and O–H groups in total. The van der Waals surface area contributed by atoms with Crippen LogP contribution >= 0.6 is 24.2 Å². The number of benzene rings is 1. The third-order valence-electron chi connectivity index (χ3n) is 4.90. The van der Waals surface area contributed by atoms with Crippen molar-refractivity contribution in [1.29, 1.82) is 0 Å². The molecule has 1 aromatic rings. The highest BCUT2D eigenvalue weighted by Gasteiger charge is 2.30. The summed E-state index contributed by atoms with van der Waals surface area (Å²) >= 11 is 1.84. The third kappa shape index (κ3) is 5.31. The van der Waals surface area contributed by atoms with Crippen LogP contribution in [0.1, 0.15) is 37.7 Å². The molecule has 7 heteroatoms. The number of nitrogens with one attached hydrogen (secondary N) is 1. The molecule has 1 aliphatic heterocycles. The van der Waals surface area contributed by atoms with E-state index in [-0.39, 0.29) is 42.5 Å². The summed E-state index contributed by atoms with van der Waals surface area (Å²) in [6.45, 7) is 0.940. The zero-order valence-electron chi connectivity index (χ0n) is 14.2. The van der Waals surface area contributed by atoms with Crippen LogP contribution in [0.2, 0.25) is 0 Å². The SMILES string of the molecule is Cl.O=C(CC1CSCCN1)N(Cc1c(F)cccc1F)C1CCCC1. The Morgan fingerprint density at radius 1 is 1.24 bits per heavy atom. The van der Waals surface area contributed by atoms with Crippen molar-refractivity contribution in [2.75, 3.05) is 18.1 Å². The number of nitrogens with zero attached hydrogens (tertiary/aromatic N) is 1. The first-order chi connectivity index (χ1) is 11.6. The second-order valence-electron chi connectivity index (χ2n) is 6.59. The van der Waals surface area contributed by atoms with E-state index in [0.717, 1.165) is 43.7 Å². The molecule has 3 rings (SSSR count). The van der Waals surface area contributed by atoms with Crippen molar-refractivity contribution < 1.29 is 13.6 Å². The summed E-state index contributed by atoms with van der Waals surface area (Å²) < 4.78 is 28.1. The van der Waals surface area contributed by atoms with E-state index in [0.29, 0.717) is 6.42 Å². The molecule has 0 radical (unpaired) electrons. The van der Waals surface area contributed by atoms with Gasteiger partial charge in [-0.2, -0.15) is 11.8 Å². The Hall–Kier alpha value is -0.850. The van der Waals surface area contributed by atoms with Crippen molar-refractivity contribution in [1.82, 2.24) is 10.2 Å². The minimum atomic E-state index is -0.572. The van der Waals surface area contributed by atoms with Gasteiger partial charge in [-0.15, -0.1) is 12.4 Å². The molecule has 1 atom stereocenters. The molecule has 1 amide bonds. The summed E-state index contributed by atoms with van der Waals surface area (Å²) in [5.74, 6) is 0.842. The van der Waals surface area contributed by atoms with E-state index in [4.69, 9.17) is 0 Å². The van der Waals surface area contributed by atoms with Gasteiger partial charge in [0.25, 0.3) is 0 Å². The van der Waals surface area contributed by atoms with Gasteiger partial charge in [-0.3, -0.25) is 4.79 Å². The Morgan fingerprint density at radius 2 is 1.92 bits per heavy atom. The second kappa shape index (κ2) is 9.74. The zero-order chi connectivity index (χ0) is 16.9. The van der Waals surface area contributed by atoms with E-state index in [2.05, 4.69) is 5.32 Å². The molecular formula is C18H25ClF2N2OS. The first kappa shape index (κ1) is 20.5. The summed E-state index contributed by atoms with van der Waals surface area (Å²) in [6, 6.07) is 4.14. The molecule has 25 heavy (non-hydrogen) atoms. The monoisotopic (exact) mass is 390 g/mol. The number of carbonyl (C=O) groups excluding carboxylic acids is 1. The van der Waals surface area contributed by atoms with Crippen LogP contribution in [0.4, 0.5) is 8.78 Å². The van der Waals surface area contributed by atoms with Crippen LogP contribution in [0.15, 0.2) is 18.2 Å². The van der Waals surface area contributed by atoms with E-state index in [9.17, 15) is 13.6 Å². The summed E-state index contributed by atoms with van der Waals surface area (Å²) in [4.78, 5) is 14.6. The molecule has 2 aliphatic rings. The number of hydrogen-bond acceptors (Lipinski definition) is 3. The minimum Gasteiger partial charge on any atom is -0.335 e. The van der Waals surface area contributed by atoms with E-state index >= 15 is 0 Å². The maximum Gasteiger partial charge on any atom is 0.224 e. The lowest BCUT2D eigenvalue weighted by molar-refractivity contribution is -0.134. The number of amides is 1. The number of thioether (sulfide) groups is 1. The number of rotatable bonds is 5. The topological polar surface area (TPSA) is 32.3 Å². The Balaban J connectivity index is 0.00000225. The number of hydrogen-bond donors (Lipinski definition) is 1. The molecule has 0 aromatic heterocycles. The second-order valence-corrected chi connectivity index (χ2v) is 7.74. The van der Waals surface area contributed by atoms with Crippen molar-refractivity contribution in [3.8, 4) is 0 Å². The van der Waals surface area contributed by atoms with Gasteiger partial charge in [0.1, 0.15) is 11.6 Å². The van der Waals surface area contributed by atoms with Crippen molar-refractivity contribution in [3.63, 3.8) is 0 Å². The maximum atomic E-state index is 14.0. The highest BCUT2D eigenvalue weighted by molar-refractivity contribution is 7.99. The Kier molecular flexibility index (Phi) is 7.97. The normalized spacial score (nSPS) is 21.0. The lowest BCUT2D eigenvalue weighted by Gasteiger charge is -2.32. The summed E-state index contributed by atoms with van der Waals surface area (Å²) in [5, 5.41) is 3.37. The smallest absolute Gasteiger partial charge is 0.224 e. The number of carbonyl (C=O) groups is 1. The zero-order valence-corrected chi connectivity index (χ0v) is 15.8. The van der Waals surface area contributed by atoms with Gasteiger partial charge in [-0.05, 0) is 25.0 Å². The molecule has 1 saturated heterocycles. The molecule has 1 heterocycles. The Morgan fingerprint density at radius 3 is 2.52 bits per heavy atom. The van der Waals surface area contributed by atoms with Crippen LogP contribution in [0.3, 0.4) is 0 Å². The van der Waals surface area contributed by atoms with Gasteiger partial charge < -0.3 is 10.2 Å². The van der Waals surface area contributed by atoms with Gasteiger partial charge in [-0.25, -0.2) is 8.78 Å². The van der Waals surface area contributed by atoms with Gasteiger partial charge in [0.2, 0.25) is 5.91 Å². The standard InChI is InChI=1S/C18H24F2N2OS.ClH/c19-16-6-3-7-17(20)15(16)11-22(14-4-1-2-5-14)18(23)10-13-12-24-9-8-21-13;/h3,6-7,13-14,21H,1-2,4-5,8-12H2;1H. The Labute approximate surface area is 158 Å². The van der Waals surface area contributed by atoms with Crippen molar-refractivity contribution >= 4 is 30.1 Å². The lowest BCUT2D eigenvalue weighted by atomic mass is 10.1. The van der Waals surface area contributed by atoms with Crippen molar-refractivity contribution in [3.05, 3.63) is 35.4 Å². The predicted octanol–water partition coefficient (Wildman–Crippen LogP) is 3.75. The lowest BCUT2D eigenvalue weighted by Crippen LogP contribution is -2.45. The molecular weight excluding hydrogens is 366 g/mol. The van der Waals surface area contributed by atoms with E-state index < -0.39 is 11.6 Å². The summed E-state index contributed by atoms with van der Waals surface area (Å²) in [6.07, 6.45) is 4.40. The maximum absolute atomic E-state index is 14.0. The van der Waals surface area contributed by atoms with E-state index in [1.54, 1.807) is 4.90 Å². The third-order valence-corrected chi connectivity index (χ3v) is 6.03. The fraction of sp³-hybridized carbons (Fsp3) is 0.611. The molecule has 2 fully saturated rings. The quantitative estimate of drug-likeness (QED) is 0.831. The average Bonchev–Trinajstić information content (AvgIpc) is 3.09. The molecule has 140 valence electrons. The van der Waals surface area contributed by atoms with E-state index in [1.807, 2.05) is 11.8 Å². The van der Waals surface area contributed by atoms with Gasteiger partial charge in [0.05, 0.1) is 6.54 Å². The van der Waals surface area contributed by atoms with Gasteiger partial charge in [-0.1, -0.05) is 18.9 Å². The van der Waals surface area contributed by atoms with Crippen LogP contribution < -0.4 is 5.32 Å². The fourth-order valence-corrected chi connectivity index (χ4v) is 4.52.